The summed E-state index contributed by atoms with van der Waals surface area (Å²) in [5.41, 5.74) is 8.05. The van der Waals surface area contributed by atoms with Crippen molar-refractivity contribution in [2.45, 2.75) is 26.8 Å². The molecule has 0 saturated heterocycles. The molecule has 0 saturated carbocycles. The molecular formula is C15H25N3O. The average molecular weight is 263 g/mol. The maximum atomic E-state index is 12.3. The number of nitrogens with one attached hydrogen (secondary N) is 1. The number of aryl methyl sites for hydroxylation is 1. The molecule has 19 heavy (non-hydrogen) atoms. The van der Waals surface area contributed by atoms with Gasteiger partial charge in [0.2, 0.25) is 0 Å². The van der Waals surface area contributed by atoms with Crippen LogP contribution in [0.25, 0.3) is 0 Å². The van der Waals surface area contributed by atoms with E-state index < -0.39 is 0 Å². The molecule has 4 nitrogen and oxygen atoms in total. The van der Waals surface area contributed by atoms with Crippen LogP contribution in [0.4, 0.5) is 5.69 Å². The Morgan fingerprint density at radius 1 is 1.37 bits per heavy atom. The third kappa shape index (κ3) is 4.56. The second kappa shape index (κ2) is 6.57. The largest absolute Gasteiger partial charge is 0.398 e. The number of hydrogen-bond donors (Lipinski definition) is 2. The van der Waals surface area contributed by atoms with Crippen LogP contribution in [0.3, 0.4) is 0 Å². The zero-order valence-corrected chi connectivity index (χ0v) is 12.5. The van der Waals surface area contributed by atoms with E-state index in [9.17, 15) is 4.79 Å². The van der Waals surface area contributed by atoms with Crippen molar-refractivity contribution in [2.75, 3.05) is 26.4 Å². The minimum atomic E-state index is -0.0990. The topological polar surface area (TPSA) is 58.4 Å². The van der Waals surface area contributed by atoms with Crippen molar-refractivity contribution >= 4 is 11.6 Å². The fraction of sp³-hybridized carbons (Fsp3) is 0.533. The first-order chi connectivity index (χ1) is 8.81. The minimum Gasteiger partial charge on any atom is -0.398 e. The van der Waals surface area contributed by atoms with Crippen molar-refractivity contribution in [1.29, 1.82) is 0 Å². The van der Waals surface area contributed by atoms with Crippen molar-refractivity contribution < 1.29 is 4.79 Å². The van der Waals surface area contributed by atoms with Crippen molar-refractivity contribution in [3.63, 3.8) is 0 Å². The van der Waals surface area contributed by atoms with Gasteiger partial charge in [-0.25, -0.2) is 0 Å². The van der Waals surface area contributed by atoms with Crippen LogP contribution in [0, 0.1) is 12.8 Å². The summed E-state index contributed by atoms with van der Waals surface area (Å²) in [4.78, 5) is 14.3. The quantitative estimate of drug-likeness (QED) is 0.798. The molecule has 0 radical (unpaired) electrons. The molecule has 3 N–H and O–H groups in total. The van der Waals surface area contributed by atoms with Crippen molar-refractivity contribution in [3.05, 3.63) is 29.3 Å². The number of benzene rings is 1. The Bertz CT molecular complexity index is 441. The van der Waals surface area contributed by atoms with E-state index in [2.05, 4.69) is 24.1 Å². The second-order valence-corrected chi connectivity index (χ2v) is 5.68. The van der Waals surface area contributed by atoms with E-state index in [0.29, 0.717) is 17.2 Å². The van der Waals surface area contributed by atoms with Gasteiger partial charge in [0.15, 0.2) is 0 Å². The number of likely N-dealkylation sites (N-methyl/N-ethyl adjacent to an activating group) is 1. The Hall–Kier alpha value is -1.55. The third-order valence-corrected chi connectivity index (χ3v) is 3.13. The zero-order valence-electron chi connectivity index (χ0n) is 12.5. The van der Waals surface area contributed by atoms with Gasteiger partial charge in [-0.1, -0.05) is 19.9 Å². The smallest absolute Gasteiger partial charge is 0.253 e. The summed E-state index contributed by atoms with van der Waals surface area (Å²) in [6, 6.07) is 5.63. The van der Waals surface area contributed by atoms with Crippen LogP contribution in [-0.4, -0.2) is 37.5 Å². The zero-order chi connectivity index (χ0) is 14.6. The van der Waals surface area contributed by atoms with Crippen molar-refractivity contribution in [3.8, 4) is 0 Å². The summed E-state index contributed by atoms with van der Waals surface area (Å²) >= 11 is 0. The molecule has 0 aliphatic carbocycles. The van der Waals surface area contributed by atoms with Crippen LogP contribution in [0.2, 0.25) is 0 Å². The maximum absolute atomic E-state index is 12.3. The SMILES string of the molecule is Cc1ccc(C(=O)NC(CN(C)C)C(C)C)c(N)c1. The Kier molecular flexibility index (Phi) is 5.36. The number of carbonyl (C=O) groups excluding carboxylic acids is 1. The molecule has 0 aliphatic heterocycles. The molecule has 1 aromatic carbocycles. The first kappa shape index (κ1) is 15.5. The molecule has 4 heteroatoms. The van der Waals surface area contributed by atoms with Gasteiger partial charge in [0.05, 0.1) is 5.56 Å². The van der Waals surface area contributed by atoms with Crippen LogP contribution in [0.1, 0.15) is 29.8 Å². The molecule has 106 valence electrons. The van der Waals surface area contributed by atoms with Crippen molar-refractivity contribution in [1.82, 2.24) is 10.2 Å². The highest BCUT2D eigenvalue weighted by atomic mass is 16.1. The second-order valence-electron chi connectivity index (χ2n) is 5.68. The Morgan fingerprint density at radius 3 is 2.47 bits per heavy atom. The molecule has 1 amide bonds. The number of nitrogens with two attached hydrogens (primary N) is 1. The average Bonchev–Trinajstić information content (AvgIpc) is 2.26. The van der Waals surface area contributed by atoms with Crippen LogP contribution in [0.5, 0.6) is 0 Å². The Labute approximate surface area is 116 Å². The predicted molar refractivity (Wildman–Crippen MR) is 80.2 cm³/mol. The van der Waals surface area contributed by atoms with E-state index in [1.165, 1.54) is 0 Å². The molecule has 1 rings (SSSR count). The van der Waals surface area contributed by atoms with Crippen molar-refractivity contribution in [2.24, 2.45) is 5.92 Å². The molecule has 0 aromatic heterocycles. The van der Waals surface area contributed by atoms with Gasteiger partial charge in [-0.15, -0.1) is 0 Å². The highest BCUT2D eigenvalue weighted by molar-refractivity contribution is 5.99. The van der Waals surface area contributed by atoms with E-state index in [1.54, 1.807) is 6.07 Å². The minimum absolute atomic E-state index is 0.0990. The van der Waals surface area contributed by atoms with E-state index >= 15 is 0 Å². The Morgan fingerprint density at radius 2 is 2.00 bits per heavy atom. The predicted octanol–water partition coefficient (Wildman–Crippen LogP) is 1.89. The van der Waals surface area contributed by atoms with Gasteiger partial charge in [-0.2, -0.15) is 0 Å². The lowest BCUT2D eigenvalue weighted by atomic mass is 10.0. The normalized spacial score (nSPS) is 12.8. The molecular weight excluding hydrogens is 238 g/mol. The number of anilines is 1. The lowest BCUT2D eigenvalue weighted by Crippen LogP contribution is -2.45. The molecule has 0 fully saturated rings. The van der Waals surface area contributed by atoms with E-state index in [1.807, 2.05) is 33.2 Å². The van der Waals surface area contributed by atoms with Gasteiger partial charge >= 0.3 is 0 Å². The van der Waals surface area contributed by atoms with Gasteiger partial charge in [0.25, 0.3) is 5.91 Å². The molecule has 0 spiro atoms. The molecule has 0 bridgehead atoms. The fourth-order valence-electron chi connectivity index (χ4n) is 1.95. The van der Waals surface area contributed by atoms with Crippen LogP contribution < -0.4 is 11.1 Å². The van der Waals surface area contributed by atoms with E-state index in [4.69, 9.17) is 5.73 Å². The van der Waals surface area contributed by atoms with Crippen LogP contribution in [0.15, 0.2) is 18.2 Å². The van der Waals surface area contributed by atoms with Gasteiger partial charge in [-0.05, 0) is 44.6 Å². The first-order valence-electron chi connectivity index (χ1n) is 6.63. The molecule has 1 unspecified atom stereocenters. The van der Waals surface area contributed by atoms with E-state index in [-0.39, 0.29) is 11.9 Å². The lowest BCUT2D eigenvalue weighted by molar-refractivity contribution is 0.0917. The number of rotatable bonds is 5. The first-order valence-corrected chi connectivity index (χ1v) is 6.63. The standard InChI is InChI=1S/C15H25N3O/c1-10(2)14(9-18(4)5)17-15(19)12-7-6-11(3)8-13(12)16/h6-8,10,14H,9,16H2,1-5H3,(H,17,19). The highest BCUT2D eigenvalue weighted by Crippen LogP contribution is 2.14. The van der Waals surface area contributed by atoms with Gasteiger partial charge in [0, 0.05) is 18.3 Å². The molecule has 1 atom stereocenters. The fourth-order valence-corrected chi connectivity index (χ4v) is 1.95. The Balaban J connectivity index is 2.81. The summed E-state index contributed by atoms with van der Waals surface area (Å²) in [5.74, 6) is 0.274. The molecule has 0 heterocycles. The summed E-state index contributed by atoms with van der Waals surface area (Å²) in [5, 5.41) is 3.06. The maximum Gasteiger partial charge on any atom is 0.253 e. The van der Waals surface area contributed by atoms with Gasteiger partial charge in [-0.3, -0.25) is 4.79 Å². The highest BCUT2D eigenvalue weighted by Gasteiger charge is 2.19. The number of amides is 1. The summed E-state index contributed by atoms with van der Waals surface area (Å²) < 4.78 is 0. The number of hydrogen-bond acceptors (Lipinski definition) is 3. The monoisotopic (exact) mass is 263 g/mol. The van der Waals surface area contributed by atoms with E-state index in [0.717, 1.165) is 12.1 Å². The summed E-state index contributed by atoms with van der Waals surface area (Å²) in [6.45, 7) is 6.98. The lowest BCUT2D eigenvalue weighted by Gasteiger charge is -2.25. The van der Waals surface area contributed by atoms with Crippen LogP contribution in [-0.2, 0) is 0 Å². The van der Waals surface area contributed by atoms with Gasteiger partial charge < -0.3 is 16.0 Å². The van der Waals surface area contributed by atoms with Crippen LogP contribution >= 0.6 is 0 Å². The number of carbonyl (C=O) groups is 1. The number of nitrogen functional groups attached to an aromatic ring is 1. The number of nitrogens with zero attached hydrogens (tertiary/aromatic N) is 1. The molecule has 0 aliphatic rings. The third-order valence-electron chi connectivity index (χ3n) is 3.13. The summed E-state index contributed by atoms with van der Waals surface area (Å²) in [6.07, 6.45) is 0. The summed E-state index contributed by atoms with van der Waals surface area (Å²) in [7, 11) is 4.00. The van der Waals surface area contributed by atoms with Gasteiger partial charge in [0.1, 0.15) is 0 Å². The molecule has 1 aromatic rings.